The summed E-state index contributed by atoms with van der Waals surface area (Å²) >= 11 is 18.1. The lowest BCUT2D eigenvalue weighted by Crippen LogP contribution is -2.12. The van der Waals surface area contributed by atoms with Crippen LogP contribution in [0.4, 0.5) is 10.1 Å². The zero-order chi connectivity index (χ0) is 23.4. The predicted octanol–water partition coefficient (Wildman–Crippen LogP) is 6.86. The van der Waals surface area contributed by atoms with Gasteiger partial charge in [-0.05, 0) is 53.6 Å². The van der Waals surface area contributed by atoms with E-state index in [4.69, 9.17) is 39.5 Å². The van der Waals surface area contributed by atoms with Gasteiger partial charge in [-0.15, -0.1) is 0 Å². The van der Waals surface area contributed by atoms with Gasteiger partial charge >= 0.3 is 0 Å². The molecule has 0 atom stereocenters. The highest BCUT2D eigenvalue weighted by Crippen LogP contribution is 2.28. The molecule has 1 amide bonds. The maximum atomic E-state index is 13.2. The van der Waals surface area contributed by atoms with Crippen LogP contribution in [0.15, 0.2) is 73.1 Å². The first-order valence-electron chi connectivity index (χ1n) is 9.82. The Morgan fingerprint density at radius 1 is 1.03 bits per heavy atom. The zero-order valence-corrected chi connectivity index (χ0v) is 19.3. The minimum absolute atomic E-state index is 0.235. The number of carbonyl (C=O) groups is 1. The molecule has 0 radical (unpaired) electrons. The van der Waals surface area contributed by atoms with E-state index < -0.39 is 5.82 Å². The third-order valence-electron chi connectivity index (χ3n) is 4.72. The molecule has 0 aliphatic heterocycles. The lowest BCUT2D eigenvalue weighted by Gasteiger charge is -2.09. The SMILES string of the molecule is O=C(Nc1cnn(Cc2ccc(F)cc2Cl)c1)c1cccc(COc2ccc(Cl)cc2Cl)c1. The van der Waals surface area contributed by atoms with E-state index in [0.29, 0.717) is 44.2 Å². The molecule has 0 spiro atoms. The molecule has 0 aliphatic rings. The molecular weight excluding hydrogens is 488 g/mol. The van der Waals surface area contributed by atoms with Crippen LogP contribution in [-0.4, -0.2) is 15.7 Å². The second-order valence-electron chi connectivity index (χ2n) is 7.18. The summed E-state index contributed by atoms with van der Waals surface area (Å²) in [5.74, 6) is -0.189. The fraction of sp³-hybridized carbons (Fsp3) is 0.0833. The van der Waals surface area contributed by atoms with Crippen LogP contribution in [0.25, 0.3) is 0 Å². The van der Waals surface area contributed by atoms with Gasteiger partial charge in [-0.1, -0.05) is 53.0 Å². The first-order chi connectivity index (χ1) is 15.9. The highest BCUT2D eigenvalue weighted by molar-refractivity contribution is 6.35. The number of carbonyl (C=O) groups excluding carboxylic acids is 1. The molecule has 168 valence electrons. The highest BCUT2D eigenvalue weighted by atomic mass is 35.5. The highest BCUT2D eigenvalue weighted by Gasteiger charge is 2.10. The molecule has 9 heteroatoms. The lowest BCUT2D eigenvalue weighted by molar-refractivity contribution is 0.102. The monoisotopic (exact) mass is 503 g/mol. The van der Waals surface area contributed by atoms with E-state index in [2.05, 4.69) is 10.4 Å². The van der Waals surface area contributed by atoms with Crippen molar-refractivity contribution in [3.8, 4) is 5.75 Å². The molecule has 0 unspecified atom stereocenters. The van der Waals surface area contributed by atoms with Crippen LogP contribution in [0.1, 0.15) is 21.5 Å². The number of nitrogens with one attached hydrogen (secondary N) is 1. The number of nitrogens with zero attached hydrogens (tertiary/aromatic N) is 2. The Hall–Kier alpha value is -3.06. The largest absolute Gasteiger partial charge is 0.487 e. The van der Waals surface area contributed by atoms with Crippen LogP contribution in [0.2, 0.25) is 15.1 Å². The first-order valence-corrected chi connectivity index (χ1v) is 11.0. The Balaban J connectivity index is 1.38. The Morgan fingerprint density at radius 3 is 2.67 bits per heavy atom. The van der Waals surface area contributed by atoms with E-state index in [1.807, 2.05) is 6.07 Å². The van der Waals surface area contributed by atoms with Crippen LogP contribution in [0.5, 0.6) is 5.75 Å². The van der Waals surface area contributed by atoms with E-state index in [0.717, 1.165) is 5.56 Å². The van der Waals surface area contributed by atoms with E-state index >= 15 is 0 Å². The lowest BCUT2D eigenvalue weighted by atomic mass is 10.1. The molecule has 0 saturated heterocycles. The van der Waals surface area contributed by atoms with Crippen molar-refractivity contribution in [2.45, 2.75) is 13.2 Å². The number of benzene rings is 3. The summed E-state index contributed by atoms with van der Waals surface area (Å²) in [6.07, 6.45) is 3.21. The maximum absolute atomic E-state index is 13.2. The molecule has 1 aromatic heterocycles. The van der Waals surface area contributed by atoms with Crippen molar-refractivity contribution in [1.82, 2.24) is 9.78 Å². The van der Waals surface area contributed by atoms with E-state index in [-0.39, 0.29) is 12.5 Å². The fourth-order valence-electron chi connectivity index (χ4n) is 3.10. The van der Waals surface area contributed by atoms with Crippen molar-refractivity contribution < 1.29 is 13.9 Å². The van der Waals surface area contributed by atoms with Gasteiger partial charge in [0.15, 0.2) is 0 Å². The first kappa shape index (κ1) is 23.1. The van der Waals surface area contributed by atoms with Crippen molar-refractivity contribution in [1.29, 1.82) is 0 Å². The van der Waals surface area contributed by atoms with E-state index in [9.17, 15) is 9.18 Å². The van der Waals surface area contributed by atoms with Crippen LogP contribution >= 0.6 is 34.8 Å². The number of hydrogen-bond acceptors (Lipinski definition) is 3. The Labute approximate surface area is 204 Å². The molecular formula is C24H17Cl3FN3O2. The Bertz CT molecular complexity index is 1310. The van der Waals surface area contributed by atoms with Gasteiger partial charge in [-0.25, -0.2) is 4.39 Å². The molecule has 4 aromatic rings. The van der Waals surface area contributed by atoms with Crippen LogP contribution in [0, 0.1) is 5.82 Å². The summed E-state index contributed by atoms with van der Waals surface area (Å²) in [5.41, 5.74) is 2.50. The van der Waals surface area contributed by atoms with Gasteiger partial charge in [0.05, 0.1) is 23.5 Å². The molecule has 4 rings (SSSR count). The average Bonchev–Trinajstić information content (AvgIpc) is 3.22. The third kappa shape index (κ3) is 6.05. The number of rotatable bonds is 7. The fourth-order valence-corrected chi connectivity index (χ4v) is 3.79. The van der Waals surface area contributed by atoms with Gasteiger partial charge in [0.1, 0.15) is 18.2 Å². The van der Waals surface area contributed by atoms with Crippen molar-refractivity contribution in [2.24, 2.45) is 0 Å². The summed E-state index contributed by atoms with van der Waals surface area (Å²) in [6, 6.07) is 16.2. The summed E-state index contributed by atoms with van der Waals surface area (Å²) < 4.78 is 20.6. The number of hydrogen-bond donors (Lipinski definition) is 1. The molecule has 1 heterocycles. The van der Waals surface area contributed by atoms with E-state index in [1.165, 1.54) is 18.3 Å². The topological polar surface area (TPSA) is 56.2 Å². The zero-order valence-electron chi connectivity index (χ0n) is 17.1. The van der Waals surface area contributed by atoms with Crippen molar-refractivity contribution >= 4 is 46.4 Å². The third-order valence-corrected chi connectivity index (χ3v) is 5.60. The molecule has 33 heavy (non-hydrogen) atoms. The van der Waals surface area contributed by atoms with Gasteiger partial charge in [0, 0.05) is 21.8 Å². The van der Waals surface area contributed by atoms with Crippen LogP contribution in [0.3, 0.4) is 0 Å². The molecule has 0 bridgehead atoms. The molecule has 3 aromatic carbocycles. The van der Waals surface area contributed by atoms with Gasteiger partial charge in [-0.3, -0.25) is 9.48 Å². The summed E-state index contributed by atoms with van der Waals surface area (Å²) in [4.78, 5) is 12.7. The van der Waals surface area contributed by atoms with Crippen LogP contribution in [-0.2, 0) is 13.2 Å². The molecule has 0 fully saturated rings. The maximum Gasteiger partial charge on any atom is 0.255 e. The van der Waals surface area contributed by atoms with Crippen molar-refractivity contribution in [2.75, 3.05) is 5.32 Å². The van der Waals surface area contributed by atoms with Crippen molar-refractivity contribution in [3.05, 3.63) is 111 Å². The van der Waals surface area contributed by atoms with Crippen molar-refractivity contribution in [3.63, 3.8) is 0 Å². The number of aromatic nitrogens is 2. The normalized spacial score (nSPS) is 10.8. The minimum atomic E-state index is -0.402. The second-order valence-corrected chi connectivity index (χ2v) is 8.43. The summed E-state index contributed by atoms with van der Waals surface area (Å²) in [6.45, 7) is 0.577. The molecule has 0 aliphatic carbocycles. The average molecular weight is 505 g/mol. The quantitative estimate of drug-likeness (QED) is 0.299. The minimum Gasteiger partial charge on any atom is -0.487 e. The second kappa shape index (κ2) is 10.3. The van der Waals surface area contributed by atoms with Gasteiger partial charge < -0.3 is 10.1 Å². The Kier molecular flexibility index (Phi) is 7.18. The number of anilines is 1. The number of amides is 1. The molecule has 5 nitrogen and oxygen atoms in total. The van der Waals surface area contributed by atoms with Gasteiger partial charge in [-0.2, -0.15) is 5.10 Å². The molecule has 1 N–H and O–H groups in total. The van der Waals surface area contributed by atoms with Crippen LogP contribution < -0.4 is 10.1 Å². The summed E-state index contributed by atoms with van der Waals surface area (Å²) in [5, 5.41) is 8.29. The number of halogens is 4. The Morgan fingerprint density at radius 2 is 1.88 bits per heavy atom. The smallest absolute Gasteiger partial charge is 0.255 e. The van der Waals surface area contributed by atoms with E-state index in [1.54, 1.807) is 53.3 Å². The van der Waals surface area contributed by atoms with Gasteiger partial charge in [0.2, 0.25) is 0 Å². The number of ether oxygens (including phenoxy) is 1. The van der Waals surface area contributed by atoms with Gasteiger partial charge in [0.25, 0.3) is 5.91 Å². The standard InChI is InChI=1S/C24H17Cl3FN3O2/c25-18-5-7-23(22(27)9-18)33-14-15-2-1-3-16(8-15)24(32)30-20-11-29-31(13-20)12-17-4-6-19(28)10-21(17)26/h1-11,13H,12,14H2,(H,30,32). The molecule has 0 saturated carbocycles. The summed E-state index contributed by atoms with van der Waals surface area (Å²) in [7, 11) is 0. The predicted molar refractivity (Wildman–Crippen MR) is 128 cm³/mol.